The molecule has 0 aliphatic heterocycles. The average Bonchev–Trinajstić information content (AvgIpc) is 2.62. The number of carbonyl (C=O) groups excluding carboxylic acids is 2. The van der Waals surface area contributed by atoms with Gasteiger partial charge in [0.05, 0.1) is 16.0 Å². The van der Waals surface area contributed by atoms with Crippen LogP contribution in [0.2, 0.25) is 10.0 Å². The molecule has 0 radical (unpaired) electrons. The molecule has 0 aliphatic carbocycles. The molecule has 1 unspecified atom stereocenters. The molecule has 25 heavy (non-hydrogen) atoms. The lowest BCUT2D eigenvalue weighted by atomic mass is 9.97. The molecule has 132 valence electrons. The van der Waals surface area contributed by atoms with Crippen molar-refractivity contribution in [3.8, 4) is 0 Å². The molecule has 0 saturated carbocycles. The maximum Gasteiger partial charge on any atom is 0.313 e. The molecular weight excluding hydrogens is 363 g/mol. The number of ether oxygens (including phenoxy) is 1. The molecule has 0 saturated heterocycles. The minimum atomic E-state index is -0.521. The van der Waals surface area contributed by atoms with Crippen LogP contribution < -0.4 is 5.32 Å². The van der Waals surface area contributed by atoms with Crippen molar-refractivity contribution in [1.29, 1.82) is 0 Å². The third kappa shape index (κ3) is 4.94. The van der Waals surface area contributed by atoms with E-state index in [-0.39, 0.29) is 10.8 Å². The normalized spacial score (nSPS) is 11.7. The summed E-state index contributed by atoms with van der Waals surface area (Å²) in [5.74, 6) is -1.20. The van der Waals surface area contributed by atoms with Gasteiger partial charge in [-0.15, -0.1) is 0 Å². The van der Waals surface area contributed by atoms with Crippen LogP contribution in [0.1, 0.15) is 30.4 Å². The molecule has 2 rings (SSSR count). The number of pyridine rings is 1. The van der Waals surface area contributed by atoms with Crippen LogP contribution in [0.5, 0.6) is 0 Å². The van der Waals surface area contributed by atoms with Gasteiger partial charge in [-0.2, -0.15) is 0 Å². The maximum atomic E-state index is 12.2. The third-order valence-electron chi connectivity index (χ3n) is 3.70. The zero-order chi connectivity index (χ0) is 18.4. The van der Waals surface area contributed by atoms with E-state index >= 15 is 0 Å². The van der Waals surface area contributed by atoms with E-state index < -0.39 is 24.4 Å². The SMILES string of the molecule is CCC(C(=O)OCC(=O)Nc1ncc(Cl)c(C)c1Cl)c1ccccc1. The monoisotopic (exact) mass is 380 g/mol. The van der Waals surface area contributed by atoms with Gasteiger partial charge in [-0.25, -0.2) is 4.98 Å². The summed E-state index contributed by atoms with van der Waals surface area (Å²) >= 11 is 12.0. The second kappa shape index (κ2) is 8.83. The second-order valence-corrected chi connectivity index (χ2v) is 6.21. The lowest BCUT2D eigenvalue weighted by molar-refractivity contribution is -0.149. The molecule has 1 amide bonds. The van der Waals surface area contributed by atoms with Crippen LogP contribution in [0.15, 0.2) is 36.5 Å². The van der Waals surface area contributed by atoms with E-state index in [4.69, 9.17) is 27.9 Å². The summed E-state index contributed by atoms with van der Waals surface area (Å²) in [7, 11) is 0. The Hall–Kier alpha value is -2.11. The molecule has 2 aromatic rings. The van der Waals surface area contributed by atoms with Gasteiger partial charge in [-0.3, -0.25) is 9.59 Å². The molecular formula is C18H18Cl2N2O3. The van der Waals surface area contributed by atoms with Gasteiger partial charge in [0, 0.05) is 6.20 Å². The van der Waals surface area contributed by atoms with E-state index in [1.807, 2.05) is 37.3 Å². The molecule has 1 atom stereocenters. The van der Waals surface area contributed by atoms with Gasteiger partial charge in [-0.1, -0.05) is 60.5 Å². The average molecular weight is 381 g/mol. The smallest absolute Gasteiger partial charge is 0.313 e. The predicted molar refractivity (Wildman–Crippen MR) is 98.1 cm³/mol. The summed E-state index contributed by atoms with van der Waals surface area (Å²) < 4.78 is 5.13. The van der Waals surface area contributed by atoms with Gasteiger partial charge in [0.15, 0.2) is 12.4 Å². The number of esters is 1. The van der Waals surface area contributed by atoms with Crippen molar-refractivity contribution < 1.29 is 14.3 Å². The van der Waals surface area contributed by atoms with Crippen LogP contribution >= 0.6 is 23.2 Å². The molecule has 1 aromatic heterocycles. The highest BCUT2D eigenvalue weighted by atomic mass is 35.5. The summed E-state index contributed by atoms with van der Waals surface area (Å²) in [6.07, 6.45) is 1.97. The highest BCUT2D eigenvalue weighted by Crippen LogP contribution is 2.28. The molecule has 1 N–H and O–H groups in total. The van der Waals surface area contributed by atoms with E-state index in [1.165, 1.54) is 6.20 Å². The van der Waals surface area contributed by atoms with Crippen LogP contribution in [-0.4, -0.2) is 23.5 Å². The van der Waals surface area contributed by atoms with Crippen molar-refractivity contribution in [2.45, 2.75) is 26.2 Å². The first-order valence-corrected chi connectivity index (χ1v) is 8.51. The van der Waals surface area contributed by atoms with Crippen molar-refractivity contribution in [2.75, 3.05) is 11.9 Å². The Morgan fingerprint density at radius 1 is 1.24 bits per heavy atom. The Kier molecular flexibility index (Phi) is 6.79. The number of rotatable bonds is 6. The van der Waals surface area contributed by atoms with E-state index in [1.54, 1.807) is 6.92 Å². The minimum absolute atomic E-state index is 0.180. The molecule has 1 heterocycles. The number of carbonyl (C=O) groups is 2. The Labute approximate surface area is 156 Å². The molecule has 0 fully saturated rings. The van der Waals surface area contributed by atoms with E-state index in [9.17, 15) is 9.59 Å². The summed E-state index contributed by atoms with van der Waals surface area (Å²) in [6.45, 7) is 3.19. The number of aromatic nitrogens is 1. The number of halogens is 2. The van der Waals surface area contributed by atoms with Crippen LogP contribution in [0.3, 0.4) is 0 Å². The highest BCUT2D eigenvalue weighted by Gasteiger charge is 2.21. The topological polar surface area (TPSA) is 68.3 Å². The Morgan fingerprint density at radius 2 is 1.92 bits per heavy atom. The number of hydrogen-bond donors (Lipinski definition) is 1. The molecule has 7 heteroatoms. The maximum absolute atomic E-state index is 12.2. The summed E-state index contributed by atoms with van der Waals surface area (Å²) in [5.41, 5.74) is 1.47. The first kappa shape index (κ1) is 19.2. The van der Waals surface area contributed by atoms with Crippen molar-refractivity contribution in [1.82, 2.24) is 4.98 Å². The first-order valence-electron chi connectivity index (χ1n) is 7.76. The second-order valence-electron chi connectivity index (χ2n) is 5.42. The summed E-state index contributed by atoms with van der Waals surface area (Å²) in [4.78, 5) is 28.2. The van der Waals surface area contributed by atoms with E-state index in [0.717, 1.165) is 5.56 Å². The van der Waals surface area contributed by atoms with Gasteiger partial charge in [-0.05, 0) is 24.5 Å². The Balaban J connectivity index is 1.95. The van der Waals surface area contributed by atoms with Gasteiger partial charge in [0.2, 0.25) is 0 Å². The lowest BCUT2D eigenvalue weighted by Gasteiger charge is -2.14. The largest absolute Gasteiger partial charge is 0.455 e. The van der Waals surface area contributed by atoms with Gasteiger partial charge in [0.25, 0.3) is 5.91 Å². The fraction of sp³-hybridized carbons (Fsp3) is 0.278. The Bertz CT molecular complexity index is 766. The molecule has 0 spiro atoms. The van der Waals surface area contributed by atoms with Crippen molar-refractivity contribution in [3.63, 3.8) is 0 Å². The van der Waals surface area contributed by atoms with Crippen LogP contribution in [0.25, 0.3) is 0 Å². The zero-order valence-corrected chi connectivity index (χ0v) is 15.4. The number of benzene rings is 1. The van der Waals surface area contributed by atoms with Crippen LogP contribution in [0.4, 0.5) is 5.82 Å². The van der Waals surface area contributed by atoms with Crippen molar-refractivity contribution >= 4 is 40.9 Å². The number of nitrogens with zero attached hydrogens (tertiary/aromatic N) is 1. The molecule has 5 nitrogen and oxygen atoms in total. The van der Waals surface area contributed by atoms with Crippen molar-refractivity contribution in [2.24, 2.45) is 0 Å². The van der Waals surface area contributed by atoms with Gasteiger partial charge < -0.3 is 10.1 Å². The van der Waals surface area contributed by atoms with Gasteiger partial charge in [0.1, 0.15) is 0 Å². The number of amides is 1. The standard InChI is InChI=1S/C18H18Cl2N2O3/c1-3-13(12-7-5-4-6-8-12)18(24)25-10-15(23)22-17-16(20)11(2)14(19)9-21-17/h4-9,13H,3,10H2,1-2H3,(H,21,22,23). The zero-order valence-electron chi connectivity index (χ0n) is 13.9. The van der Waals surface area contributed by atoms with E-state index in [2.05, 4.69) is 10.3 Å². The lowest BCUT2D eigenvalue weighted by Crippen LogP contribution is -2.24. The molecule has 0 bridgehead atoms. The van der Waals surface area contributed by atoms with Crippen LogP contribution in [0, 0.1) is 6.92 Å². The van der Waals surface area contributed by atoms with Crippen molar-refractivity contribution in [3.05, 3.63) is 57.7 Å². The molecule has 1 aromatic carbocycles. The minimum Gasteiger partial charge on any atom is -0.455 e. The highest BCUT2D eigenvalue weighted by molar-refractivity contribution is 6.37. The Morgan fingerprint density at radius 3 is 2.56 bits per heavy atom. The summed E-state index contributed by atoms with van der Waals surface area (Å²) in [6, 6.07) is 9.30. The fourth-order valence-electron chi connectivity index (χ4n) is 2.27. The molecule has 0 aliphatic rings. The number of hydrogen-bond acceptors (Lipinski definition) is 4. The number of nitrogens with one attached hydrogen (secondary N) is 1. The first-order chi connectivity index (χ1) is 11.9. The predicted octanol–water partition coefficient (Wildman–Crippen LogP) is 4.37. The fourth-order valence-corrected chi connectivity index (χ4v) is 2.66. The van der Waals surface area contributed by atoms with Gasteiger partial charge >= 0.3 is 5.97 Å². The van der Waals surface area contributed by atoms with E-state index in [0.29, 0.717) is 17.0 Å². The third-order valence-corrected chi connectivity index (χ3v) is 4.54. The quantitative estimate of drug-likeness (QED) is 0.755. The van der Waals surface area contributed by atoms with Crippen LogP contribution in [-0.2, 0) is 14.3 Å². The summed E-state index contributed by atoms with van der Waals surface area (Å²) in [5, 5.41) is 3.17. The number of anilines is 1.